The molecular formula is C21H34N4O2S. The molecule has 1 aromatic carbocycles. The Morgan fingerprint density at radius 1 is 1.04 bits per heavy atom. The third-order valence-electron chi connectivity index (χ3n) is 3.96. The summed E-state index contributed by atoms with van der Waals surface area (Å²) >= 11 is 1.43. The van der Waals surface area contributed by atoms with E-state index in [0.717, 1.165) is 43.5 Å². The summed E-state index contributed by atoms with van der Waals surface area (Å²) in [4.78, 5) is 32.2. The molecule has 6 nitrogen and oxygen atoms in total. The molecule has 4 amide bonds. The van der Waals surface area contributed by atoms with Crippen LogP contribution in [0.2, 0.25) is 0 Å². The van der Waals surface area contributed by atoms with Gasteiger partial charge in [-0.1, -0.05) is 51.1 Å². The number of rotatable bonds is 8. The summed E-state index contributed by atoms with van der Waals surface area (Å²) in [7, 11) is 3.30. The zero-order valence-corrected chi connectivity index (χ0v) is 18.6. The van der Waals surface area contributed by atoms with Gasteiger partial charge in [0, 0.05) is 32.1 Å². The van der Waals surface area contributed by atoms with Gasteiger partial charge < -0.3 is 10.2 Å². The Hall–Kier alpha value is -2.02. The van der Waals surface area contributed by atoms with E-state index >= 15 is 0 Å². The molecule has 0 saturated carbocycles. The number of aryl methyl sites for hydroxylation is 1. The van der Waals surface area contributed by atoms with Crippen molar-refractivity contribution in [2.45, 2.75) is 52.9 Å². The Kier molecular flexibility index (Phi) is 11.3. The minimum Gasteiger partial charge on any atom is -0.329 e. The molecule has 0 atom stereocenters. The smallest absolute Gasteiger partial charge is 0.329 e. The Morgan fingerprint density at radius 2 is 1.71 bits per heavy atom. The predicted octanol–water partition coefficient (Wildman–Crippen LogP) is 5.45. The van der Waals surface area contributed by atoms with Crippen LogP contribution in [0.1, 0.15) is 52.0 Å². The maximum absolute atomic E-state index is 12.9. The third-order valence-corrected chi connectivity index (χ3v) is 5.14. The number of benzene rings is 1. The van der Waals surface area contributed by atoms with Gasteiger partial charge in [-0.2, -0.15) is 4.99 Å². The van der Waals surface area contributed by atoms with Gasteiger partial charge in [0.25, 0.3) is 0 Å². The lowest BCUT2D eigenvalue weighted by molar-refractivity contribution is 0.226. The number of anilines is 1. The topological polar surface area (TPSA) is 65.0 Å². The highest BCUT2D eigenvalue weighted by atomic mass is 32.2. The lowest BCUT2D eigenvalue weighted by atomic mass is 10.1. The highest BCUT2D eigenvalue weighted by Gasteiger charge is 2.21. The summed E-state index contributed by atoms with van der Waals surface area (Å²) in [5.41, 5.74) is 2.01. The Bertz CT molecular complexity index is 644. The number of urea groups is 2. The van der Waals surface area contributed by atoms with E-state index in [1.807, 2.05) is 31.2 Å². The lowest BCUT2D eigenvalue weighted by Crippen LogP contribution is -2.40. The van der Waals surface area contributed by atoms with Crippen LogP contribution < -0.4 is 5.32 Å². The number of aliphatic imine (C=N–C) groups is 1. The first-order chi connectivity index (χ1) is 13.4. The number of thioether (sulfide) groups is 1. The summed E-state index contributed by atoms with van der Waals surface area (Å²) in [5.74, 6) is 0.791. The van der Waals surface area contributed by atoms with Crippen molar-refractivity contribution in [1.82, 2.24) is 9.80 Å². The van der Waals surface area contributed by atoms with Crippen LogP contribution in [0, 0.1) is 0 Å². The van der Waals surface area contributed by atoms with Crippen molar-refractivity contribution in [3.8, 4) is 0 Å². The Balaban J connectivity index is 2.96. The molecule has 0 unspecified atom stereocenters. The van der Waals surface area contributed by atoms with Crippen molar-refractivity contribution < 1.29 is 9.59 Å². The largest absolute Gasteiger partial charge is 0.345 e. The highest BCUT2D eigenvalue weighted by Crippen LogP contribution is 2.16. The van der Waals surface area contributed by atoms with Crippen molar-refractivity contribution in [2.24, 2.45) is 4.99 Å². The second-order valence-corrected chi connectivity index (χ2v) is 7.86. The van der Waals surface area contributed by atoms with Gasteiger partial charge in [0.15, 0.2) is 5.17 Å². The van der Waals surface area contributed by atoms with Crippen molar-refractivity contribution in [2.75, 3.05) is 31.7 Å². The molecule has 28 heavy (non-hydrogen) atoms. The Labute approximate surface area is 173 Å². The fourth-order valence-corrected chi connectivity index (χ4v) is 3.24. The standard InChI is InChI=1S/C21H34N4O2S/c1-6-9-10-17-11-13-18(14-12-17)22-20(27)25(15-7-2)21(28-16-8-3)23-19(26)24(4)5/h11-14H,6-10,15-16H2,1-5H3,(H,22,27). The van der Waals surface area contributed by atoms with E-state index in [0.29, 0.717) is 11.7 Å². The number of carbonyl (C=O) groups is 2. The minimum atomic E-state index is -0.368. The van der Waals surface area contributed by atoms with E-state index in [2.05, 4.69) is 24.2 Å². The number of unbranched alkanes of at least 4 members (excludes halogenated alkanes) is 1. The highest BCUT2D eigenvalue weighted by molar-refractivity contribution is 8.13. The van der Waals surface area contributed by atoms with Gasteiger partial charge in [-0.3, -0.25) is 4.90 Å². The van der Waals surface area contributed by atoms with Gasteiger partial charge in [0.1, 0.15) is 0 Å². The van der Waals surface area contributed by atoms with Gasteiger partial charge >= 0.3 is 12.1 Å². The van der Waals surface area contributed by atoms with Crippen molar-refractivity contribution >= 4 is 34.7 Å². The SMILES string of the molecule is CCCCc1ccc(NC(=O)N(CCC)C(=NC(=O)N(C)C)SCCC)cc1. The van der Waals surface area contributed by atoms with Gasteiger partial charge in [-0.15, -0.1) is 0 Å². The van der Waals surface area contributed by atoms with Gasteiger partial charge in [0.2, 0.25) is 0 Å². The molecule has 0 bridgehead atoms. The van der Waals surface area contributed by atoms with E-state index < -0.39 is 0 Å². The fraction of sp³-hybridized carbons (Fsp3) is 0.571. The molecule has 0 fully saturated rings. The van der Waals surface area contributed by atoms with Crippen LogP contribution in [-0.2, 0) is 6.42 Å². The number of nitrogens with zero attached hydrogens (tertiary/aromatic N) is 3. The summed E-state index contributed by atoms with van der Waals surface area (Å²) in [6, 6.07) is 7.31. The van der Waals surface area contributed by atoms with Crippen LogP contribution in [0.4, 0.5) is 15.3 Å². The van der Waals surface area contributed by atoms with Crippen LogP contribution in [0.5, 0.6) is 0 Å². The number of hydrogen-bond acceptors (Lipinski definition) is 3. The molecule has 0 saturated heterocycles. The molecule has 0 aromatic heterocycles. The first-order valence-corrected chi connectivity index (χ1v) is 11.0. The molecule has 156 valence electrons. The zero-order valence-electron chi connectivity index (χ0n) is 17.8. The van der Waals surface area contributed by atoms with E-state index in [-0.39, 0.29) is 12.1 Å². The molecule has 0 aliphatic rings. The second kappa shape index (κ2) is 13.2. The number of amides is 4. The number of carbonyl (C=O) groups excluding carboxylic acids is 2. The predicted molar refractivity (Wildman–Crippen MR) is 120 cm³/mol. The first kappa shape index (κ1) is 24.0. The van der Waals surface area contributed by atoms with Crippen molar-refractivity contribution in [3.63, 3.8) is 0 Å². The number of hydrogen-bond donors (Lipinski definition) is 1. The number of nitrogens with one attached hydrogen (secondary N) is 1. The zero-order chi connectivity index (χ0) is 20.9. The summed E-state index contributed by atoms with van der Waals surface area (Å²) in [5, 5.41) is 3.38. The van der Waals surface area contributed by atoms with Crippen LogP contribution in [-0.4, -0.2) is 53.4 Å². The average Bonchev–Trinajstić information content (AvgIpc) is 2.68. The monoisotopic (exact) mass is 406 g/mol. The molecular weight excluding hydrogens is 372 g/mol. The first-order valence-electron chi connectivity index (χ1n) is 10.0. The van der Waals surface area contributed by atoms with Crippen LogP contribution in [0.15, 0.2) is 29.3 Å². The van der Waals surface area contributed by atoms with Gasteiger partial charge in [-0.25, -0.2) is 9.59 Å². The maximum Gasteiger partial charge on any atom is 0.345 e. The third kappa shape index (κ3) is 8.33. The van der Waals surface area contributed by atoms with Gasteiger partial charge in [0.05, 0.1) is 0 Å². The van der Waals surface area contributed by atoms with Crippen molar-refractivity contribution in [1.29, 1.82) is 0 Å². The summed E-state index contributed by atoms with van der Waals surface area (Å²) in [6.45, 7) is 6.73. The second-order valence-electron chi connectivity index (χ2n) is 6.80. The quantitative estimate of drug-likeness (QED) is 0.461. The molecule has 0 aliphatic heterocycles. The normalized spacial score (nSPS) is 11.2. The fourth-order valence-electron chi connectivity index (χ4n) is 2.38. The van der Waals surface area contributed by atoms with E-state index in [4.69, 9.17) is 0 Å². The number of amidine groups is 1. The molecule has 0 radical (unpaired) electrons. The molecule has 0 heterocycles. The average molecular weight is 407 g/mol. The van der Waals surface area contributed by atoms with Crippen LogP contribution in [0.25, 0.3) is 0 Å². The van der Waals surface area contributed by atoms with Crippen molar-refractivity contribution in [3.05, 3.63) is 29.8 Å². The maximum atomic E-state index is 12.9. The van der Waals surface area contributed by atoms with Gasteiger partial charge in [-0.05, 0) is 43.4 Å². The summed E-state index contributed by atoms with van der Waals surface area (Å²) < 4.78 is 0. The molecule has 7 heteroatoms. The minimum absolute atomic E-state index is 0.267. The molecule has 1 rings (SSSR count). The molecule has 1 aromatic rings. The van der Waals surface area contributed by atoms with E-state index in [1.54, 1.807) is 19.0 Å². The van der Waals surface area contributed by atoms with Crippen LogP contribution in [0.3, 0.4) is 0 Å². The Morgan fingerprint density at radius 3 is 2.25 bits per heavy atom. The molecule has 0 spiro atoms. The molecule has 0 aliphatic carbocycles. The summed E-state index contributed by atoms with van der Waals surface area (Å²) in [6.07, 6.45) is 5.06. The molecule has 1 N–H and O–H groups in total. The van der Waals surface area contributed by atoms with E-state index in [1.165, 1.54) is 22.2 Å². The lowest BCUT2D eigenvalue weighted by Gasteiger charge is -2.24. The van der Waals surface area contributed by atoms with Crippen LogP contribution >= 0.6 is 11.8 Å². The van der Waals surface area contributed by atoms with E-state index in [9.17, 15) is 9.59 Å².